The summed E-state index contributed by atoms with van der Waals surface area (Å²) in [7, 11) is 0. The van der Waals surface area contributed by atoms with E-state index in [1.807, 2.05) is 0 Å². The molecule has 0 saturated heterocycles. The number of alkyl halides is 1. The fourth-order valence-corrected chi connectivity index (χ4v) is 2.56. The Hall–Kier alpha value is 0.650. The summed E-state index contributed by atoms with van der Waals surface area (Å²) in [4.78, 5) is 0. The molecule has 0 bridgehead atoms. The summed E-state index contributed by atoms with van der Waals surface area (Å²) in [6, 6.07) is 0. The average Bonchev–Trinajstić information content (AvgIpc) is 2.47. The maximum atomic E-state index is 5.54. The van der Waals surface area contributed by atoms with Crippen LogP contribution in [0.3, 0.4) is 0 Å². The fraction of sp³-hybridized carbons (Fsp3) is 1.00. The number of hydrogen-bond donors (Lipinski definition) is 0. The predicted molar refractivity (Wildman–Crippen MR) is 97.0 cm³/mol. The van der Waals surface area contributed by atoms with Crippen LogP contribution in [0.25, 0.3) is 0 Å². The van der Waals surface area contributed by atoms with E-state index in [-0.39, 0.29) is 0 Å². The molecule has 0 fully saturated rings. The molecule has 0 unspecified atom stereocenters. The first-order valence-corrected chi connectivity index (χ1v) is 10.2. The van der Waals surface area contributed by atoms with Crippen LogP contribution in [0.15, 0.2) is 0 Å². The largest absolute Gasteiger partial charge is 0.379 e. The third kappa shape index (κ3) is 18.7. The lowest BCUT2D eigenvalue weighted by Crippen LogP contribution is -2.06. The third-order valence-electron chi connectivity index (χ3n) is 3.49. The van der Waals surface area contributed by atoms with E-state index in [4.69, 9.17) is 9.47 Å². The van der Waals surface area contributed by atoms with Crippen LogP contribution in [0.5, 0.6) is 0 Å². The monoisotopic (exact) mass is 398 g/mol. The van der Waals surface area contributed by atoms with Gasteiger partial charge in [-0.25, -0.2) is 0 Å². The molecule has 0 aromatic rings. The van der Waals surface area contributed by atoms with E-state index in [9.17, 15) is 0 Å². The van der Waals surface area contributed by atoms with Crippen LogP contribution in [-0.4, -0.2) is 30.9 Å². The van der Waals surface area contributed by atoms with Crippen molar-refractivity contribution in [2.75, 3.05) is 30.9 Å². The lowest BCUT2D eigenvalue weighted by molar-refractivity contribution is 0.0527. The van der Waals surface area contributed by atoms with Crippen LogP contribution in [-0.2, 0) is 9.47 Å². The molecule has 3 heteroatoms. The van der Waals surface area contributed by atoms with Gasteiger partial charge in [0.05, 0.1) is 19.8 Å². The molecule has 0 aliphatic heterocycles. The van der Waals surface area contributed by atoms with E-state index in [2.05, 4.69) is 29.5 Å². The van der Waals surface area contributed by atoms with Crippen molar-refractivity contribution in [2.24, 2.45) is 0 Å². The highest BCUT2D eigenvalue weighted by Gasteiger charge is 1.94. The van der Waals surface area contributed by atoms with Gasteiger partial charge in [0.2, 0.25) is 0 Å². The second-order valence-electron chi connectivity index (χ2n) is 5.45. The Labute approximate surface area is 140 Å². The van der Waals surface area contributed by atoms with Gasteiger partial charge >= 0.3 is 0 Å². The molecule has 0 amide bonds. The van der Waals surface area contributed by atoms with Gasteiger partial charge in [-0.2, -0.15) is 0 Å². The highest BCUT2D eigenvalue weighted by molar-refractivity contribution is 14.1. The number of ether oxygens (including phenoxy) is 2. The van der Waals surface area contributed by atoms with Crippen LogP contribution in [0.1, 0.15) is 77.6 Å². The molecule has 2 nitrogen and oxygen atoms in total. The van der Waals surface area contributed by atoms with Crippen LogP contribution in [0.2, 0.25) is 0 Å². The highest BCUT2D eigenvalue weighted by atomic mass is 127. The van der Waals surface area contributed by atoms with Crippen molar-refractivity contribution in [3.63, 3.8) is 0 Å². The number of unbranched alkanes of at least 4 members (excludes halogenated alkanes) is 10. The van der Waals surface area contributed by atoms with E-state index in [1.54, 1.807) is 0 Å². The number of rotatable bonds is 17. The molecule has 20 heavy (non-hydrogen) atoms. The number of halogens is 1. The topological polar surface area (TPSA) is 18.5 Å². The Morgan fingerprint density at radius 1 is 0.550 bits per heavy atom. The molecular weight excluding hydrogens is 363 g/mol. The second kappa shape index (κ2) is 19.7. The van der Waals surface area contributed by atoms with Gasteiger partial charge in [-0.15, -0.1) is 0 Å². The van der Waals surface area contributed by atoms with Crippen LogP contribution >= 0.6 is 22.6 Å². The Morgan fingerprint density at radius 2 is 1.00 bits per heavy atom. The van der Waals surface area contributed by atoms with Crippen LogP contribution in [0.4, 0.5) is 0 Å². The predicted octanol–water partition coefficient (Wildman–Crippen LogP) is 5.77. The summed E-state index contributed by atoms with van der Waals surface area (Å²) in [5.74, 6) is 0. The van der Waals surface area contributed by atoms with Gasteiger partial charge in [-0.1, -0.05) is 93.7 Å². The summed E-state index contributed by atoms with van der Waals surface area (Å²) in [5.41, 5.74) is 0. The van der Waals surface area contributed by atoms with E-state index in [0.29, 0.717) is 0 Å². The molecule has 0 rings (SSSR count). The maximum absolute atomic E-state index is 5.54. The van der Waals surface area contributed by atoms with E-state index in [0.717, 1.165) is 30.9 Å². The Bertz CT molecular complexity index is 147. The minimum Gasteiger partial charge on any atom is -0.379 e. The van der Waals surface area contributed by atoms with Gasteiger partial charge in [0.25, 0.3) is 0 Å². The molecule has 0 radical (unpaired) electrons. The van der Waals surface area contributed by atoms with Gasteiger partial charge in [-0.05, 0) is 6.42 Å². The van der Waals surface area contributed by atoms with E-state index < -0.39 is 0 Å². The molecule has 0 atom stereocenters. The summed E-state index contributed by atoms with van der Waals surface area (Å²) in [6.07, 6.45) is 15.3. The van der Waals surface area contributed by atoms with E-state index in [1.165, 1.54) is 70.6 Å². The van der Waals surface area contributed by atoms with E-state index >= 15 is 0 Å². The lowest BCUT2D eigenvalue weighted by Gasteiger charge is -2.05. The molecule has 0 aromatic carbocycles. The highest BCUT2D eigenvalue weighted by Crippen LogP contribution is 2.11. The minimum atomic E-state index is 0.751. The smallest absolute Gasteiger partial charge is 0.0700 e. The molecule has 0 aliphatic carbocycles. The Kier molecular flexibility index (Phi) is 20.3. The molecule has 0 saturated carbocycles. The quantitative estimate of drug-likeness (QED) is 0.176. The van der Waals surface area contributed by atoms with Gasteiger partial charge < -0.3 is 9.47 Å². The maximum Gasteiger partial charge on any atom is 0.0700 e. The van der Waals surface area contributed by atoms with Crippen LogP contribution < -0.4 is 0 Å². The molecular formula is C17H35IO2. The third-order valence-corrected chi connectivity index (χ3v) is 3.93. The second-order valence-corrected chi connectivity index (χ2v) is 6.53. The summed E-state index contributed by atoms with van der Waals surface area (Å²) >= 11 is 2.32. The van der Waals surface area contributed by atoms with Crippen molar-refractivity contribution < 1.29 is 9.47 Å². The minimum absolute atomic E-state index is 0.751. The Morgan fingerprint density at radius 3 is 1.50 bits per heavy atom. The van der Waals surface area contributed by atoms with Crippen molar-refractivity contribution in [3.8, 4) is 0 Å². The molecule has 0 spiro atoms. The summed E-state index contributed by atoms with van der Waals surface area (Å²) < 4.78 is 12.0. The normalized spacial score (nSPS) is 11.1. The molecule has 0 aliphatic rings. The lowest BCUT2D eigenvalue weighted by atomic mass is 10.1. The zero-order valence-corrected chi connectivity index (χ0v) is 15.7. The molecule has 0 N–H and O–H groups in total. The summed E-state index contributed by atoms with van der Waals surface area (Å²) in [5, 5.41) is 0. The van der Waals surface area contributed by atoms with Gasteiger partial charge in [0.15, 0.2) is 0 Å². The standard InChI is InChI=1S/C17H35IO2/c1-2-3-4-5-6-7-8-9-10-11-12-14-19-16-17-20-15-13-18/h2-17H2,1H3. The molecule has 0 heterocycles. The van der Waals surface area contributed by atoms with Gasteiger partial charge in [0.1, 0.15) is 0 Å². The fourth-order valence-electron chi connectivity index (χ4n) is 2.24. The number of hydrogen-bond acceptors (Lipinski definition) is 2. The van der Waals surface area contributed by atoms with Crippen molar-refractivity contribution in [1.29, 1.82) is 0 Å². The first-order chi connectivity index (χ1) is 9.91. The van der Waals surface area contributed by atoms with Gasteiger partial charge in [0, 0.05) is 11.0 Å². The van der Waals surface area contributed by atoms with Crippen molar-refractivity contribution in [2.45, 2.75) is 77.6 Å². The van der Waals surface area contributed by atoms with Crippen molar-refractivity contribution in [3.05, 3.63) is 0 Å². The Balaban J connectivity index is 2.89. The first-order valence-electron chi connectivity index (χ1n) is 8.63. The molecule has 122 valence electrons. The molecule has 0 aromatic heterocycles. The van der Waals surface area contributed by atoms with Crippen LogP contribution in [0, 0.1) is 0 Å². The van der Waals surface area contributed by atoms with Gasteiger partial charge in [-0.3, -0.25) is 0 Å². The first kappa shape index (κ1) is 20.6. The average molecular weight is 398 g/mol. The van der Waals surface area contributed by atoms with Crippen molar-refractivity contribution in [1.82, 2.24) is 0 Å². The SMILES string of the molecule is CCCCCCCCCCCCCOCCOCCI. The zero-order chi connectivity index (χ0) is 14.7. The van der Waals surface area contributed by atoms with Crippen molar-refractivity contribution >= 4 is 22.6 Å². The summed E-state index contributed by atoms with van der Waals surface area (Å²) in [6.45, 7) is 5.55. The zero-order valence-electron chi connectivity index (χ0n) is 13.5.